The van der Waals surface area contributed by atoms with Crippen molar-refractivity contribution in [3.63, 3.8) is 0 Å². The van der Waals surface area contributed by atoms with Crippen LogP contribution in [-0.2, 0) is 0 Å². The number of aromatic nitrogens is 3. The molecule has 0 saturated heterocycles. The van der Waals surface area contributed by atoms with Gasteiger partial charge < -0.3 is 10.2 Å². The van der Waals surface area contributed by atoms with Crippen LogP contribution in [-0.4, -0.2) is 27.9 Å². The molecule has 0 bridgehead atoms. The van der Waals surface area contributed by atoms with E-state index in [1.165, 1.54) is 6.33 Å². The molecule has 6 nitrogen and oxygen atoms in total. The lowest BCUT2D eigenvalue weighted by Crippen LogP contribution is -2.15. The van der Waals surface area contributed by atoms with Gasteiger partial charge >= 0.3 is 0 Å². The summed E-state index contributed by atoms with van der Waals surface area (Å²) in [5.74, 6) is 2.69. The number of anilines is 3. The molecule has 0 spiro atoms. The van der Waals surface area contributed by atoms with Crippen LogP contribution in [0.1, 0.15) is 15.9 Å². The Balaban J connectivity index is 1.80. The largest absolute Gasteiger partial charge is 0.342 e. The zero-order valence-corrected chi connectivity index (χ0v) is 13.5. The molecule has 0 saturated carbocycles. The zero-order valence-electron chi connectivity index (χ0n) is 13.5. The average Bonchev–Trinajstić information content (AvgIpc) is 2.68. The van der Waals surface area contributed by atoms with Gasteiger partial charge in [0.2, 0.25) is 0 Å². The SMILES string of the molecule is C#Cc1cccc(C(=O)Nc2cc(N(C)c3cncnc3)ccn2)c1. The van der Waals surface area contributed by atoms with E-state index in [9.17, 15) is 4.79 Å². The number of rotatable bonds is 4. The lowest BCUT2D eigenvalue weighted by molar-refractivity contribution is 0.102. The number of hydrogen-bond acceptors (Lipinski definition) is 5. The van der Waals surface area contributed by atoms with Gasteiger partial charge in [-0.15, -0.1) is 6.42 Å². The fourth-order valence-corrected chi connectivity index (χ4v) is 2.25. The summed E-state index contributed by atoms with van der Waals surface area (Å²) in [5.41, 5.74) is 2.80. The van der Waals surface area contributed by atoms with Crippen LogP contribution in [0.15, 0.2) is 61.3 Å². The molecule has 0 radical (unpaired) electrons. The molecular formula is C19H15N5O. The summed E-state index contributed by atoms with van der Waals surface area (Å²) in [5, 5.41) is 2.78. The number of pyridine rings is 1. The molecule has 0 atom stereocenters. The van der Waals surface area contributed by atoms with Crippen molar-refractivity contribution in [2.45, 2.75) is 0 Å². The number of carbonyl (C=O) groups is 1. The van der Waals surface area contributed by atoms with E-state index >= 15 is 0 Å². The van der Waals surface area contributed by atoms with E-state index in [0.717, 1.165) is 11.4 Å². The molecule has 3 rings (SSSR count). The fraction of sp³-hybridized carbons (Fsp3) is 0.0526. The van der Waals surface area contributed by atoms with Gasteiger partial charge in [-0.05, 0) is 24.3 Å². The monoisotopic (exact) mass is 329 g/mol. The summed E-state index contributed by atoms with van der Waals surface area (Å²) in [4.78, 5) is 26.5. The van der Waals surface area contributed by atoms with Crippen molar-refractivity contribution in [2.75, 3.05) is 17.3 Å². The minimum absolute atomic E-state index is 0.271. The lowest BCUT2D eigenvalue weighted by atomic mass is 10.1. The van der Waals surface area contributed by atoms with Gasteiger partial charge in [-0.25, -0.2) is 15.0 Å². The molecule has 1 N–H and O–H groups in total. The van der Waals surface area contributed by atoms with Crippen LogP contribution in [0, 0.1) is 12.3 Å². The van der Waals surface area contributed by atoms with Crippen LogP contribution in [0.2, 0.25) is 0 Å². The number of nitrogens with zero attached hydrogens (tertiary/aromatic N) is 4. The molecule has 1 aromatic carbocycles. The molecule has 0 unspecified atom stereocenters. The highest BCUT2D eigenvalue weighted by molar-refractivity contribution is 6.04. The summed E-state index contributed by atoms with van der Waals surface area (Å²) in [6.07, 6.45) is 11.9. The quantitative estimate of drug-likeness (QED) is 0.745. The van der Waals surface area contributed by atoms with E-state index in [4.69, 9.17) is 6.42 Å². The number of nitrogens with one attached hydrogen (secondary N) is 1. The van der Waals surface area contributed by atoms with Crippen molar-refractivity contribution in [2.24, 2.45) is 0 Å². The standard InChI is InChI=1S/C19H15N5O/c1-3-14-5-4-6-15(9-14)19(25)23-18-10-16(7-8-22-18)24(2)17-11-20-13-21-12-17/h1,4-13H,2H3,(H,22,23,25). The first-order valence-corrected chi connectivity index (χ1v) is 7.50. The van der Waals surface area contributed by atoms with Gasteiger partial charge in [0.15, 0.2) is 0 Å². The highest BCUT2D eigenvalue weighted by atomic mass is 16.1. The molecular weight excluding hydrogens is 314 g/mol. The fourth-order valence-electron chi connectivity index (χ4n) is 2.25. The molecule has 2 heterocycles. The Morgan fingerprint density at radius 3 is 2.72 bits per heavy atom. The third-order valence-corrected chi connectivity index (χ3v) is 3.60. The Labute approximate surface area is 145 Å². The van der Waals surface area contributed by atoms with Crippen molar-refractivity contribution in [1.82, 2.24) is 15.0 Å². The lowest BCUT2D eigenvalue weighted by Gasteiger charge is -2.19. The van der Waals surface area contributed by atoms with Crippen molar-refractivity contribution < 1.29 is 4.79 Å². The van der Waals surface area contributed by atoms with Gasteiger partial charge in [0.05, 0.1) is 18.1 Å². The first-order chi connectivity index (χ1) is 12.2. The van der Waals surface area contributed by atoms with Gasteiger partial charge in [0.1, 0.15) is 12.1 Å². The van der Waals surface area contributed by atoms with Crippen molar-refractivity contribution in [3.05, 3.63) is 72.4 Å². The number of hydrogen-bond donors (Lipinski definition) is 1. The minimum atomic E-state index is -0.271. The summed E-state index contributed by atoms with van der Waals surface area (Å²) in [6, 6.07) is 10.5. The van der Waals surface area contributed by atoms with Crippen LogP contribution in [0.4, 0.5) is 17.2 Å². The Kier molecular flexibility index (Phi) is 4.67. The number of carbonyl (C=O) groups excluding carboxylic acids is 1. The molecule has 122 valence electrons. The molecule has 3 aromatic rings. The predicted octanol–water partition coefficient (Wildman–Crippen LogP) is 2.87. The first kappa shape index (κ1) is 16.1. The van der Waals surface area contributed by atoms with Crippen molar-refractivity contribution in [3.8, 4) is 12.3 Å². The van der Waals surface area contributed by atoms with Gasteiger partial charge in [-0.3, -0.25) is 4.79 Å². The van der Waals surface area contributed by atoms with Crippen molar-refractivity contribution >= 4 is 23.1 Å². The van der Waals surface area contributed by atoms with Gasteiger partial charge in [-0.2, -0.15) is 0 Å². The molecule has 0 aliphatic heterocycles. The summed E-state index contributed by atoms with van der Waals surface area (Å²) < 4.78 is 0. The van der Waals surface area contributed by atoms with E-state index in [-0.39, 0.29) is 5.91 Å². The van der Waals surface area contributed by atoms with Gasteiger partial charge in [-0.1, -0.05) is 12.0 Å². The Morgan fingerprint density at radius 2 is 1.96 bits per heavy atom. The smallest absolute Gasteiger partial charge is 0.256 e. The number of amides is 1. The van der Waals surface area contributed by atoms with Crippen LogP contribution < -0.4 is 10.2 Å². The summed E-state index contributed by atoms with van der Waals surface area (Å²) in [7, 11) is 1.88. The Hall–Kier alpha value is -3.72. The predicted molar refractivity (Wildman–Crippen MR) is 96.7 cm³/mol. The zero-order chi connectivity index (χ0) is 17.6. The molecule has 25 heavy (non-hydrogen) atoms. The molecule has 0 aliphatic carbocycles. The van der Waals surface area contributed by atoms with E-state index in [1.54, 1.807) is 48.9 Å². The van der Waals surface area contributed by atoms with Gasteiger partial charge in [0.25, 0.3) is 5.91 Å². The van der Waals surface area contributed by atoms with Crippen LogP contribution in [0.25, 0.3) is 0 Å². The molecule has 0 fully saturated rings. The third-order valence-electron chi connectivity index (χ3n) is 3.60. The number of terminal acetylenes is 1. The summed E-state index contributed by atoms with van der Waals surface area (Å²) >= 11 is 0. The highest BCUT2D eigenvalue weighted by Crippen LogP contribution is 2.23. The second-order valence-corrected chi connectivity index (χ2v) is 5.23. The Morgan fingerprint density at radius 1 is 1.16 bits per heavy atom. The van der Waals surface area contributed by atoms with E-state index < -0.39 is 0 Å². The third kappa shape index (κ3) is 3.79. The molecule has 0 aliphatic rings. The highest BCUT2D eigenvalue weighted by Gasteiger charge is 2.10. The van der Waals surface area contributed by atoms with Crippen LogP contribution in [0.5, 0.6) is 0 Å². The number of benzene rings is 1. The molecule has 6 heteroatoms. The van der Waals surface area contributed by atoms with Crippen LogP contribution >= 0.6 is 0 Å². The van der Waals surface area contributed by atoms with E-state index in [0.29, 0.717) is 16.9 Å². The second-order valence-electron chi connectivity index (χ2n) is 5.23. The maximum absolute atomic E-state index is 12.4. The average molecular weight is 329 g/mol. The Bertz CT molecular complexity index is 934. The molecule has 2 aromatic heterocycles. The van der Waals surface area contributed by atoms with E-state index in [2.05, 4.69) is 26.2 Å². The molecule has 1 amide bonds. The second kappa shape index (κ2) is 7.23. The van der Waals surface area contributed by atoms with Gasteiger partial charge in [0, 0.05) is 36.1 Å². The minimum Gasteiger partial charge on any atom is -0.342 e. The normalized spacial score (nSPS) is 9.92. The topological polar surface area (TPSA) is 71.0 Å². The van der Waals surface area contributed by atoms with Crippen molar-refractivity contribution in [1.29, 1.82) is 0 Å². The maximum Gasteiger partial charge on any atom is 0.256 e. The first-order valence-electron chi connectivity index (χ1n) is 7.50. The van der Waals surface area contributed by atoms with E-state index in [1.807, 2.05) is 18.0 Å². The van der Waals surface area contributed by atoms with Crippen LogP contribution in [0.3, 0.4) is 0 Å². The maximum atomic E-state index is 12.4. The summed E-state index contributed by atoms with van der Waals surface area (Å²) in [6.45, 7) is 0.